The quantitative estimate of drug-likeness (QED) is 0.807. The number of halogens is 2. The topological polar surface area (TPSA) is 69.7 Å². The van der Waals surface area contributed by atoms with Crippen molar-refractivity contribution in [2.75, 3.05) is 18.0 Å². The maximum atomic E-state index is 14.1. The van der Waals surface area contributed by atoms with E-state index in [1.807, 2.05) is 0 Å². The first-order valence-corrected chi connectivity index (χ1v) is 9.29. The summed E-state index contributed by atoms with van der Waals surface area (Å²) in [5.74, 6) is -2.61. The number of hydrogen-bond donors (Lipinski definition) is 1. The van der Waals surface area contributed by atoms with E-state index in [9.17, 15) is 23.2 Å². The highest BCUT2D eigenvalue weighted by Gasteiger charge is 2.49. The van der Waals surface area contributed by atoms with Crippen LogP contribution in [0.5, 0.6) is 0 Å². The third-order valence-electron chi connectivity index (χ3n) is 5.46. The molecule has 150 valence electrons. The monoisotopic (exact) mass is 399 g/mol. The number of anilines is 1. The molecule has 2 aliphatic rings. The molecular formula is C21H19F2N3O3. The van der Waals surface area contributed by atoms with Gasteiger partial charge in [-0.1, -0.05) is 30.3 Å². The van der Waals surface area contributed by atoms with Gasteiger partial charge >= 0.3 is 6.03 Å². The molecule has 2 heterocycles. The number of nitrogens with zero attached hydrogens (tertiary/aromatic N) is 2. The Kier molecular flexibility index (Phi) is 4.56. The second kappa shape index (κ2) is 6.95. The first-order valence-electron chi connectivity index (χ1n) is 9.29. The van der Waals surface area contributed by atoms with Crippen LogP contribution in [0.25, 0.3) is 0 Å². The number of amides is 4. The predicted octanol–water partition coefficient (Wildman–Crippen LogP) is 2.71. The third-order valence-corrected chi connectivity index (χ3v) is 5.46. The van der Waals surface area contributed by atoms with Crippen LogP contribution < -0.4 is 10.2 Å². The molecule has 0 spiro atoms. The normalized spacial score (nSPS) is 21.2. The van der Waals surface area contributed by atoms with E-state index in [1.54, 1.807) is 37.3 Å². The fourth-order valence-electron chi connectivity index (χ4n) is 3.90. The lowest BCUT2D eigenvalue weighted by molar-refractivity contribution is -0.134. The van der Waals surface area contributed by atoms with Crippen LogP contribution in [0.2, 0.25) is 0 Å². The molecule has 0 saturated carbocycles. The molecule has 29 heavy (non-hydrogen) atoms. The summed E-state index contributed by atoms with van der Waals surface area (Å²) in [6.45, 7) is 1.33. The van der Waals surface area contributed by atoms with Crippen molar-refractivity contribution in [3.05, 3.63) is 65.2 Å². The van der Waals surface area contributed by atoms with Crippen molar-refractivity contribution in [3.63, 3.8) is 0 Å². The Labute approximate surface area is 166 Å². The van der Waals surface area contributed by atoms with Crippen LogP contribution in [0, 0.1) is 11.6 Å². The summed E-state index contributed by atoms with van der Waals surface area (Å²) in [6.07, 6.45) is 0.892. The zero-order valence-corrected chi connectivity index (χ0v) is 15.7. The molecule has 0 aliphatic carbocycles. The molecule has 2 aliphatic heterocycles. The zero-order chi connectivity index (χ0) is 20.8. The van der Waals surface area contributed by atoms with Crippen molar-refractivity contribution in [1.82, 2.24) is 10.2 Å². The summed E-state index contributed by atoms with van der Waals surface area (Å²) in [4.78, 5) is 40.4. The van der Waals surface area contributed by atoms with Crippen molar-refractivity contribution in [2.24, 2.45) is 0 Å². The standard InChI is InChI=1S/C21H19F2N3O3/c1-21(13-6-3-2-4-7-13)19(28)26(20(29)24-21)12-18(27)25-9-5-8-15-16(23)10-14(22)11-17(15)25/h2-4,6-7,10-11H,5,8-9,12H2,1H3,(H,24,29). The van der Waals surface area contributed by atoms with Crippen LogP contribution in [0.3, 0.4) is 0 Å². The lowest BCUT2D eigenvalue weighted by Gasteiger charge is -2.31. The Balaban J connectivity index is 1.59. The Morgan fingerprint density at radius 3 is 2.62 bits per heavy atom. The van der Waals surface area contributed by atoms with Gasteiger partial charge in [0.1, 0.15) is 23.7 Å². The van der Waals surface area contributed by atoms with E-state index in [0.717, 1.165) is 17.0 Å². The minimum absolute atomic E-state index is 0.150. The number of imide groups is 1. The number of carbonyl (C=O) groups is 3. The summed E-state index contributed by atoms with van der Waals surface area (Å²) in [5.41, 5.74) is -0.272. The average Bonchev–Trinajstić information content (AvgIpc) is 2.92. The van der Waals surface area contributed by atoms with Gasteiger partial charge in [0.15, 0.2) is 0 Å². The summed E-state index contributed by atoms with van der Waals surface area (Å²) in [7, 11) is 0. The molecule has 4 rings (SSSR count). The van der Waals surface area contributed by atoms with E-state index in [4.69, 9.17) is 0 Å². The van der Waals surface area contributed by atoms with Gasteiger partial charge < -0.3 is 10.2 Å². The van der Waals surface area contributed by atoms with Gasteiger partial charge in [-0.3, -0.25) is 14.5 Å². The van der Waals surface area contributed by atoms with Crippen LogP contribution >= 0.6 is 0 Å². The molecule has 2 aromatic rings. The number of fused-ring (bicyclic) bond motifs is 1. The van der Waals surface area contributed by atoms with Gasteiger partial charge in [0.05, 0.1) is 5.69 Å². The van der Waals surface area contributed by atoms with Gasteiger partial charge in [-0.2, -0.15) is 0 Å². The van der Waals surface area contributed by atoms with Crippen LogP contribution in [0.4, 0.5) is 19.3 Å². The van der Waals surface area contributed by atoms with Gasteiger partial charge in [-0.05, 0) is 31.4 Å². The van der Waals surface area contributed by atoms with Gasteiger partial charge in [0, 0.05) is 18.2 Å². The number of rotatable bonds is 3. The highest BCUT2D eigenvalue weighted by Crippen LogP contribution is 2.32. The summed E-state index contributed by atoms with van der Waals surface area (Å²) < 4.78 is 27.8. The molecule has 1 unspecified atom stereocenters. The number of nitrogens with one attached hydrogen (secondary N) is 1. The van der Waals surface area contributed by atoms with Gasteiger partial charge in [-0.25, -0.2) is 13.6 Å². The molecule has 1 N–H and O–H groups in total. The molecule has 2 aromatic carbocycles. The maximum Gasteiger partial charge on any atom is 0.325 e. The van der Waals surface area contributed by atoms with Crippen molar-refractivity contribution in [2.45, 2.75) is 25.3 Å². The minimum atomic E-state index is -1.28. The van der Waals surface area contributed by atoms with Crippen LogP contribution in [0.15, 0.2) is 42.5 Å². The van der Waals surface area contributed by atoms with Gasteiger partial charge in [0.25, 0.3) is 5.91 Å². The fourth-order valence-corrected chi connectivity index (χ4v) is 3.90. The Bertz CT molecular complexity index is 1010. The first-order chi connectivity index (χ1) is 13.8. The number of hydrogen-bond acceptors (Lipinski definition) is 3. The SMILES string of the molecule is CC1(c2ccccc2)NC(=O)N(CC(=O)N2CCCc3c(F)cc(F)cc32)C1=O. The number of benzene rings is 2. The molecule has 1 fully saturated rings. The fraction of sp³-hybridized carbons (Fsp3) is 0.286. The third kappa shape index (κ3) is 3.14. The summed E-state index contributed by atoms with van der Waals surface area (Å²) in [5, 5.41) is 2.64. The van der Waals surface area contributed by atoms with E-state index in [0.29, 0.717) is 18.4 Å². The molecule has 0 radical (unpaired) electrons. The van der Waals surface area contributed by atoms with E-state index < -0.39 is 41.6 Å². The lowest BCUT2D eigenvalue weighted by Crippen LogP contribution is -2.46. The van der Waals surface area contributed by atoms with Crippen molar-refractivity contribution in [1.29, 1.82) is 0 Å². The minimum Gasteiger partial charge on any atom is -0.319 e. The molecule has 8 heteroatoms. The molecule has 1 saturated heterocycles. The molecular weight excluding hydrogens is 380 g/mol. The van der Waals surface area contributed by atoms with Crippen LogP contribution in [0.1, 0.15) is 24.5 Å². The number of urea groups is 1. The molecule has 0 aromatic heterocycles. The van der Waals surface area contributed by atoms with E-state index in [1.165, 1.54) is 4.90 Å². The van der Waals surface area contributed by atoms with E-state index in [2.05, 4.69) is 5.32 Å². The maximum absolute atomic E-state index is 14.1. The smallest absolute Gasteiger partial charge is 0.319 e. The van der Waals surface area contributed by atoms with Gasteiger partial charge in [0.2, 0.25) is 5.91 Å². The Morgan fingerprint density at radius 2 is 1.90 bits per heavy atom. The average molecular weight is 399 g/mol. The summed E-state index contributed by atoms with van der Waals surface area (Å²) in [6, 6.07) is 9.94. The molecule has 0 bridgehead atoms. The highest BCUT2D eigenvalue weighted by atomic mass is 19.1. The van der Waals surface area contributed by atoms with Gasteiger partial charge in [-0.15, -0.1) is 0 Å². The summed E-state index contributed by atoms with van der Waals surface area (Å²) >= 11 is 0. The second-order valence-corrected chi connectivity index (χ2v) is 7.35. The Hall–Kier alpha value is -3.29. The molecule has 6 nitrogen and oxygen atoms in total. The van der Waals surface area contributed by atoms with Crippen molar-refractivity contribution < 1.29 is 23.2 Å². The molecule has 4 amide bonds. The van der Waals surface area contributed by atoms with E-state index in [-0.39, 0.29) is 17.8 Å². The second-order valence-electron chi connectivity index (χ2n) is 7.35. The first kappa shape index (κ1) is 19.0. The van der Waals surface area contributed by atoms with Crippen LogP contribution in [-0.2, 0) is 21.5 Å². The Morgan fingerprint density at radius 1 is 1.17 bits per heavy atom. The zero-order valence-electron chi connectivity index (χ0n) is 15.7. The van der Waals surface area contributed by atoms with Crippen molar-refractivity contribution >= 4 is 23.5 Å². The molecule has 1 atom stereocenters. The predicted molar refractivity (Wildman–Crippen MR) is 101 cm³/mol. The van der Waals surface area contributed by atoms with E-state index >= 15 is 0 Å². The van der Waals surface area contributed by atoms with Crippen molar-refractivity contribution in [3.8, 4) is 0 Å². The van der Waals surface area contributed by atoms with Crippen LogP contribution in [-0.4, -0.2) is 35.8 Å². The lowest BCUT2D eigenvalue weighted by atomic mass is 9.92. The largest absolute Gasteiger partial charge is 0.325 e. The highest BCUT2D eigenvalue weighted by molar-refractivity contribution is 6.10. The number of carbonyl (C=O) groups excluding carboxylic acids is 3.